The Balaban J connectivity index is 2.95. The highest BCUT2D eigenvalue weighted by Gasteiger charge is 2.31. The predicted octanol–water partition coefficient (Wildman–Crippen LogP) is 2.65. The Morgan fingerprint density at radius 1 is 1.35 bits per heavy atom. The fourth-order valence-corrected chi connectivity index (χ4v) is 1.19. The molecule has 0 amide bonds. The van der Waals surface area contributed by atoms with Gasteiger partial charge in [0.1, 0.15) is 11.5 Å². The van der Waals surface area contributed by atoms with Gasteiger partial charge in [0, 0.05) is 5.56 Å². The van der Waals surface area contributed by atoms with Gasteiger partial charge in [0.15, 0.2) is 0 Å². The van der Waals surface area contributed by atoms with E-state index >= 15 is 0 Å². The quantitative estimate of drug-likeness (QED) is 0.860. The van der Waals surface area contributed by atoms with Gasteiger partial charge < -0.3 is 15.6 Å². The Labute approximate surface area is 96.3 Å². The van der Waals surface area contributed by atoms with E-state index in [1.807, 2.05) is 0 Å². The van der Waals surface area contributed by atoms with E-state index in [1.165, 1.54) is 12.1 Å². The Kier molecular flexibility index (Phi) is 4.39. The van der Waals surface area contributed by atoms with Crippen molar-refractivity contribution in [2.75, 3.05) is 6.54 Å². The maximum atomic E-state index is 12.1. The Morgan fingerprint density at radius 3 is 2.65 bits per heavy atom. The minimum absolute atomic E-state index is 0.132. The van der Waals surface area contributed by atoms with Gasteiger partial charge in [-0.3, -0.25) is 0 Å². The highest BCUT2D eigenvalue weighted by molar-refractivity contribution is 5.59. The third kappa shape index (κ3) is 4.78. The summed E-state index contributed by atoms with van der Waals surface area (Å²) in [7, 11) is 0. The average Bonchev–Trinajstić information content (AvgIpc) is 2.20. The number of hydrogen-bond donors (Lipinski definition) is 2. The van der Waals surface area contributed by atoms with Crippen molar-refractivity contribution in [3.05, 3.63) is 29.8 Å². The van der Waals surface area contributed by atoms with Gasteiger partial charge in [-0.1, -0.05) is 12.2 Å². The van der Waals surface area contributed by atoms with Crippen LogP contribution < -0.4 is 10.5 Å². The van der Waals surface area contributed by atoms with Crippen molar-refractivity contribution >= 4 is 6.08 Å². The highest BCUT2D eigenvalue weighted by Crippen LogP contribution is 2.29. The van der Waals surface area contributed by atoms with Crippen molar-refractivity contribution in [2.24, 2.45) is 5.73 Å². The molecule has 1 aromatic carbocycles. The average molecular weight is 247 g/mol. The minimum atomic E-state index is -4.76. The van der Waals surface area contributed by atoms with Gasteiger partial charge in [0.25, 0.3) is 0 Å². The molecule has 0 saturated heterocycles. The molecule has 0 fully saturated rings. The number of phenolic OH excluding ortho intramolecular Hbond substituents is 1. The molecular formula is C11H12F3NO2. The lowest BCUT2D eigenvalue weighted by Gasteiger charge is -2.11. The van der Waals surface area contributed by atoms with E-state index in [0.29, 0.717) is 13.0 Å². The molecular weight excluding hydrogens is 235 g/mol. The first-order valence-corrected chi connectivity index (χ1v) is 4.88. The summed E-state index contributed by atoms with van der Waals surface area (Å²) in [6.07, 6.45) is -1.19. The van der Waals surface area contributed by atoms with Gasteiger partial charge in [-0.2, -0.15) is 0 Å². The van der Waals surface area contributed by atoms with Crippen LogP contribution in [0.5, 0.6) is 11.5 Å². The largest absolute Gasteiger partial charge is 0.573 e. The standard InChI is InChI=1S/C11H12F3NO2/c12-11(13,14)17-10-5-4-9(16)7-8(10)3-1-2-6-15/h1,3-5,7,16H,2,6,15H2. The first-order chi connectivity index (χ1) is 7.92. The summed E-state index contributed by atoms with van der Waals surface area (Å²) in [5.74, 6) is -0.490. The molecule has 0 unspecified atom stereocenters. The lowest BCUT2D eigenvalue weighted by molar-refractivity contribution is -0.274. The van der Waals surface area contributed by atoms with Crippen molar-refractivity contribution in [3.63, 3.8) is 0 Å². The van der Waals surface area contributed by atoms with Crippen LogP contribution in [0.3, 0.4) is 0 Å². The fourth-order valence-electron chi connectivity index (χ4n) is 1.19. The summed E-state index contributed by atoms with van der Waals surface area (Å²) < 4.78 is 40.1. The molecule has 0 heterocycles. The number of benzene rings is 1. The molecule has 1 rings (SSSR count). The number of hydrogen-bond acceptors (Lipinski definition) is 3. The third-order valence-corrected chi connectivity index (χ3v) is 1.85. The van der Waals surface area contributed by atoms with E-state index in [-0.39, 0.29) is 17.1 Å². The van der Waals surface area contributed by atoms with Gasteiger partial charge in [0.2, 0.25) is 0 Å². The van der Waals surface area contributed by atoms with Gasteiger partial charge in [-0.15, -0.1) is 13.2 Å². The zero-order valence-electron chi connectivity index (χ0n) is 8.87. The molecule has 0 aliphatic heterocycles. The molecule has 0 saturated carbocycles. The predicted molar refractivity (Wildman–Crippen MR) is 57.5 cm³/mol. The number of halogens is 3. The Bertz CT molecular complexity index is 402. The lowest BCUT2D eigenvalue weighted by Crippen LogP contribution is -2.17. The van der Waals surface area contributed by atoms with E-state index in [4.69, 9.17) is 5.73 Å². The van der Waals surface area contributed by atoms with Crippen LogP contribution in [-0.2, 0) is 0 Å². The molecule has 0 bridgehead atoms. The lowest BCUT2D eigenvalue weighted by atomic mass is 10.1. The molecule has 3 nitrogen and oxygen atoms in total. The number of nitrogens with two attached hydrogens (primary N) is 1. The molecule has 6 heteroatoms. The molecule has 0 aromatic heterocycles. The number of aromatic hydroxyl groups is 1. The van der Waals surface area contributed by atoms with E-state index in [9.17, 15) is 18.3 Å². The number of phenols is 1. The Morgan fingerprint density at radius 2 is 2.06 bits per heavy atom. The molecule has 3 N–H and O–H groups in total. The van der Waals surface area contributed by atoms with Crippen LogP contribution in [0, 0.1) is 0 Å². The third-order valence-electron chi connectivity index (χ3n) is 1.85. The first-order valence-electron chi connectivity index (χ1n) is 4.88. The number of rotatable bonds is 4. The second-order valence-electron chi connectivity index (χ2n) is 3.25. The van der Waals surface area contributed by atoms with Gasteiger partial charge in [0.05, 0.1) is 0 Å². The maximum absolute atomic E-state index is 12.1. The summed E-state index contributed by atoms with van der Waals surface area (Å²) in [5.41, 5.74) is 5.40. The SMILES string of the molecule is NCCC=Cc1cc(O)ccc1OC(F)(F)F. The van der Waals surface area contributed by atoms with Crippen molar-refractivity contribution in [1.82, 2.24) is 0 Å². The summed E-state index contributed by atoms with van der Waals surface area (Å²) in [4.78, 5) is 0. The van der Waals surface area contributed by atoms with Crippen LogP contribution in [0.15, 0.2) is 24.3 Å². The van der Waals surface area contributed by atoms with E-state index < -0.39 is 6.36 Å². The van der Waals surface area contributed by atoms with E-state index in [2.05, 4.69) is 4.74 Å². The van der Waals surface area contributed by atoms with Gasteiger partial charge in [-0.05, 0) is 31.2 Å². The zero-order valence-corrected chi connectivity index (χ0v) is 8.87. The van der Waals surface area contributed by atoms with Gasteiger partial charge in [-0.25, -0.2) is 0 Å². The first kappa shape index (κ1) is 13.4. The van der Waals surface area contributed by atoms with Crippen LogP contribution in [0.4, 0.5) is 13.2 Å². The van der Waals surface area contributed by atoms with Gasteiger partial charge >= 0.3 is 6.36 Å². The molecule has 0 radical (unpaired) electrons. The van der Waals surface area contributed by atoms with E-state index in [1.54, 1.807) is 6.08 Å². The minimum Gasteiger partial charge on any atom is -0.508 e. The highest BCUT2D eigenvalue weighted by atomic mass is 19.4. The summed E-state index contributed by atoms with van der Waals surface area (Å²) in [6, 6.07) is 3.38. The molecule has 0 aliphatic rings. The van der Waals surface area contributed by atoms with Crippen LogP contribution in [0.25, 0.3) is 6.08 Å². The second-order valence-corrected chi connectivity index (χ2v) is 3.25. The molecule has 0 atom stereocenters. The molecule has 0 aliphatic carbocycles. The molecule has 94 valence electrons. The van der Waals surface area contributed by atoms with Crippen molar-refractivity contribution in [2.45, 2.75) is 12.8 Å². The number of alkyl halides is 3. The summed E-state index contributed by atoms with van der Waals surface area (Å²) in [6.45, 7) is 0.394. The van der Waals surface area contributed by atoms with Crippen molar-refractivity contribution in [3.8, 4) is 11.5 Å². The smallest absolute Gasteiger partial charge is 0.508 e. The number of ether oxygens (including phenoxy) is 1. The molecule has 0 spiro atoms. The second kappa shape index (κ2) is 5.58. The van der Waals surface area contributed by atoms with Crippen LogP contribution in [-0.4, -0.2) is 18.0 Å². The molecule has 17 heavy (non-hydrogen) atoms. The van der Waals surface area contributed by atoms with Crippen LogP contribution in [0.1, 0.15) is 12.0 Å². The monoisotopic (exact) mass is 247 g/mol. The summed E-state index contributed by atoms with van der Waals surface area (Å²) in [5, 5.41) is 9.20. The van der Waals surface area contributed by atoms with Crippen molar-refractivity contribution < 1.29 is 23.0 Å². The zero-order chi connectivity index (χ0) is 12.9. The maximum Gasteiger partial charge on any atom is 0.573 e. The fraction of sp³-hybridized carbons (Fsp3) is 0.273. The topological polar surface area (TPSA) is 55.5 Å². The van der Waals surface area contributed by atoms with E-state index in [0.717, 1.165) is 12.1 Å². The summed E-state index contributed by atoms with van der Waals surface area (Å²) >= 11 is 0. The van der Waals surface area contributed by atoms with Crippen LogP contribution in [0.2, 0.25) is 0 Å². The van der Waals surface area contributed by atoms with Crippen molar-refractivity contribution in [1.29, 1.82) is 0 Å². The molecule has 1 aromatic rings. The van der Waals surface area contributed by atoms with Crippen LogP contribution >= 0.6 is 0 Å². The normalized spacial score (nSPS) is 12.0. The Hall–Kier alpha value is -1.69.